The molecule has 2 atom stereocenters. The largest absolute Gasteiger partial charge is 0.494 e. The minimum atomic E-state index is -0.720. The Balaban J connectivity index is 1.75. The second-order valence-electron chi connectivity index (χ2n) is 9.94. The van der Waals surface area contributed by atoms with Gasteiger partial charge in [0, 0.05) is 12.2 Å². The van der Waals surface area contributed by atoms with Gasteiger partial charge in [0.2, 0.25) is 6.41 Å². The number of allylic oxidation sites excluding steroid dienone is 3. The van der Waals surface area contributed by atoms with Crippen LogP contribution in [0.5, 0.6) is 5.75 Å². The van der Waals surface area contributed by atoms with Crippen LogP contribution in [0.3, 0.4) is 0 Å². The molecular weight excluding hydrogens is 512 g/mol. The molecule has 2 rings (SSSR count). The summed E-state index contributed by atoms with van der Waals surface area (Å²) in [6.45, 7) is 8.36. The number of benzene rings is 1. The molecule has 0 spiro atoms. The van der Waals surface area contributed by atoms with Crippen molar-refractivity contribution in [2.45, 2.75) is 77.6 Å². The van der Waals surface area contributed by atoms with Gasteiger partial charge in [-0.1, -0.05) is 31.2 Å². The molecule has 220 valence electrons. The SMILES string of the molecule is C=C/C=C(\C=C/C(O)C1CCC(C(=O)Oc2ccc(C)c(/C=N/NC=O)c2)CC1)OCCCCCCOC(C)O. The van der Waals surface area contributed by atoms with Crippen LogP contribution in [-0.2, 0) is 19.1 Å². The highest BCUT2D eigenvalue weighted by atomic mass is 16.6. The molecule has 1 aliphatic rings. The first-order chi connectivity index (χ1) is 19.3. The summed E-state index contributed by atoms with van der Waals surface area (Å²) in [7, 11) is 0. The van der Waals surface area contributed by atoms with Gasteiger partial charge < -0.3 is 24.4 Å². The predicted octanol–water partition coefficient (Wildman–Crippen LogP) is 4.71. The molecule has 2 unspecified atom stereocenters. The third kappa shape index (κ3) is 12.7. The Bertz CT molecular complexity index is 1010. The lowest BCUT2D eigenvalue weighted by molar-refractivity contribution is -0.140. The molecule has 1 aromatic carbocycles. The number of carbonyl (C=O) groups is 2. The number of nitrogens with one attached hydrogen (secondary N) is 1. The van der Waals surface area contributed by atoms with Gasteiger partial charge in [0.05, 0.1) is 24.8 Å². The topological polar surface area (TPSA) is 127 Å². The molecule has 1 fully saturated rings. The van der Waals surface area contributed by atoms with E-state index in [9.17, 15) is 14.7 Å². The van der Waals surface area contributed by atoms with Crippen molar-refractivity contribution >= 4 is 18.6 Å². The predicted molar refractivity (Wildman–Crippen MR) is 155 cm³/mol. The van der Waals surface area contributed by atoms with Gasteiger partial charge in [-0.25, -0.2) is 5.43 Å². The molecule has 1 aromatic rings. The van der Waals surface area contributed by atoms with Crippen LogP contribution in [0.1, 0.15) is 69.4 Å². The highest BCUT2D eigenvalue weighted by molar-refractivity contribution is 5.83. The monoisotopic (exact) mass is 556 g/mol. The normalized spacial score (nSPS) is 19.4. The lowest BCUT2D eigenvalue weighted by Gasteiger charge is -2.29. The summed E-state index contributed by atoms with van der Waals surface area (Å²) in [5.41, 5.74) is 3.90. The van der Waals surface area contributed by atoms with Crippen molar-refractivity contribution < 1.29 is 34.0 Å². The van der Waals surface area contributed by atoms with Gasteiger partial charge in [0.25, 0.3) is 0 Å². The van der Waals surface area contributed by atoms with E-state index in [1.807, 2.05) is 13.0 Å². The zero-order valence-corrected chi connectivity index (χ0v) is 23.7. The van der Waals surface area contributed by atoms with E-state index in [0.29, 0.717) is 56.8 Å². The standard InChI is InChI=1S/C31H44N2O7/c1-4-9-28(39-19-8-6-5-7-18-38-24(3)35)16-17-30(36)25-11-13-26(14-12-25)31(37)40-29-15-10-23(2)27(20-29)21-32-33-22-34/h4,9-10,15-17,20-22,24-26,30,35-36H,1,5-8,11-14,18-19H2,2-3H3,(H,33,34)/b17-16-,28-9+,32-21+. The number of aryl methyl sites for hydroxylation is 1. The van der Waals surface area contributed by atoms with E-state index in [4.69, 9.17) is 19.3 Å². The zero-order valence-electron chi connectivity index (χ0n) is 23.7. The molecule has 9 nitrogen and oxygen atoms in total. The van der Waals surface area contributed by atoms with E-state index in [0.717, 1.165) is 36.8 Å². The maximum Gasteiger partial charge on any atom is 0.314 e. The lowest BCUT2D eigenvalue weighted by Crippen LogP contribution is -2.29. The number of unbranched alkanes of at least 4 members (excludes halogenated alkanes) is 3. The molecule has 0 aromatic heterocycles. The summed E-state index contributed by atoms with van der Waals surface area (Å²) in [6, 6.07) is 5.29. The van der Waals surface area contributed by atoms with Gasteiger partial charge in [-0.05, 0) is 94.6 Å². The van der Waals surface area contributed by atoms with Crippen molar-refractivity contribution in [1.29, 1.82) is 0 Å². The number of carbonyl (C=O) groups excluding carboxylic acids is 2. The van der Waals surface area contributed by atoms with E-state index in [1.54, 1.807) is 43.4 Å². The highest BCUT2D eigenvalue weighted by Crippen LogP contribution is 2.32. The number of nitrogens with zero attached hydrogens (tertiary/aromatic N) is 1. The van der Waals surface area contributed by atoms with Crippen molar-refractivity contribution in [3.63, 3.8) is 0 Å². The van der Waals surface area contributed by atoms with E-state index in [2.05, 4.69) is 17.1 Å². The fraction of sp³-hybridized carbons (Fsp3) is 0.516. The Labute approximate surface area is 237 Å². The first-order valence-corrected chi connectivity index (χ1v) is 14.0. The first kappa shape index (κ1) is 32.9. The number of amides is 1. The number of aliphatic hydroxyl groups excluding tert-OH is 2. The molecule has 3 N–H and O–H groups in total. The quantitative estimate of drug-likeness (QED) is 0.0275. The summed E-state index contributed by atoms with van der Waals surface area (Å²) in [6.07, 6.45) is 14.1. The molecule has 0 bridgehead atoms. The summed E-state index contributed by atoms with van der Waals surface area (Å²) in [5.74, 6) is 0.636. The highest BCUT2D eigenvalue weighted by Gasteiger charge is 2.30. The molecular formula is C31H44N2O7. The minimum absolute atomic E-state index is 0.0571. The van der Waals surface area contributed by atoms with Crippen LogP contribution < -0.4 is 10.2 Å². The average Bonchev–Trinajstić information content (AvgIpc) is 2.94. The maximum absolute atomic E-state index is 12.8. The van der Waals surface area contributed by atoms with E-state index in [-0.39, 0.29) is 17.8 Å². The summed E-state index contributed by atoms with van der Waals surface area (Å²) < 4.78 is 16.6. The van der Waals surface area contributed by atoms with E-state index < -0.39 is 12.4 Å². The van der Waals surface area contributed by atoms with Gasteiger partial charge in [-0.3, -0.25) is 9.59 Å². The van der Waals surface area contributed by atoms with Crippen molar-refractivity contribution in [2.24, 2.45) is 16.9 Å². The Morgan fingerprint density at radius 3 is 2.55 bits per heavy atom. The Hall–Kier alpha value is -3.27. The average molecular weight is 557 g/mol. The fourth-order valence-corrected chi connectivity index (χ4v) is 4.47. The van der Waals surface area contributed by atoms with Gasteiger partial charge in [0.1, 0.15) is 11.5 Å². The molecule has 1 aliphatic carbocycles. The van der Waals surface area contributed by atoms with E-state index >= 15 is 0 Å². The van der Waals surface area contributed by atoms with Gasteiger partial charge in [0.15, 0.2) is 6.29 Å². The van der Waals surface area contributed by atoms with Crippen LogP contribution in [0, 0.1) is 18.8 Å². The van der Waals surface area contributed by atoms with Crippen LogP contribution in [0.15, 0.2) is 59.9 Å². The second kappa shape index (κ2) is 18.9. The summed E-state index contributed by atoms with van der Waals surface area (Å²) in [5, 5.41) is 23.6. The number of hydrogen-bond donors (Lipinski definition) is 3. The fourth-order valence-electron chi connectivity index (χ4n) is 4.47. The Kier molecular flexibility index (Phi) is 15.6. The third-order valence-electron chi connectivity index (χ3n) is 6.79. The molecule has 1 saturated carbocycles. The van der Waals surface area contributed by atoms with Gasteiger partial charge >= 0.3 is 5.97 Å². The second-order valence-corrected chi connectivity index (χ2v) is 9.94. The van der Waals surface area contributed by atoms with Crippen molar-refractivity contribution in [3.8, 4) is 5.75 Å². The number of rotatable bonds is 18. The molecule has 0 saturated heterocycles. The number of hydrazone groups is 1. The minimum Gasteiger partial charge on any atom is -0.494 e. The van der Waals surface area contributed by atoms with Crippen LogP contribution >= 0.6 is 0 Å². The van der Waals surface area contributed by atoms with Crippen LogP contribution in [0.25, 0.3) is 0 Å². The summed E-state index contributed by atoms with van der Waals surface area (Å²) >= 11 is 0. The summed E-state index contributed by atoms with van der Waals surface area (Å²) in [4.78, 5) is 23.2. The number of esters is 1. The Morgan fingerprint density at radius 1 is 1.15 bits per heavy atom. The molecule has 40 heavy (non-hydrogen) atoms. The lowest BCUT2D eigenvalue weighted by atomic mass is 9.79. The maximum atomic E-state index is 12.8. The van der Waals surface area contributed by atoms with E-state index in [1.165, 1.54) is 6.21 Å². The Morgan fingerprint density at radius 2 is 1.88 bits per heavy atom. The van der Waals surface area contributed by atoms with Crippen LogP contribution in [0.2, 0.25) is 0 Å². The van der Waals surface area contributed by atoms with Crippen molar-refractivity contribution in [3.05, 3.63) is 66.0 Å². The molecule has 0 radical (unpaired) electrons. The van der Waals surface area contributed by atoms with Crippen LogP contribution in [-0.4, -0.2) is 54.4 Å². The van der Waals surface area contributed by atoms with Gasteiger partial charge in [-0.15, -0.1) is 0 Å². The van der Waals surface area contributed by atoms with Crippen LogP contribution in [0.4, 0.5) is 0 Å². The van der Waals surface area contributed by atoms with Crippen molar-refractivity contribution in [1.82, 2.24) is 5.43 Å². The molecule has 0 aliphatic heterocycles. The molecule has 0 heterocycles. The first-order valence-electron chi connectivity index (χ1n) is 14.0. The molecule has 9 heteroatoms. The smallest absolute Gasteiger partial charge is 0.314 e. The zero-order chi connectivity index (χ0) is 29.2. The van der Waals surface area contributed by atoms with Crippen molar-refractivity contribution in [2.75, 3.05) is 13.2 Å². The molecule has 1 amide bonds. The number of aliphatic hydroxyl groups is 2. The third-order valence-corrected chi connectivity index (χ3v) is 6.79. The van der Waals surface area contributed by atoms with Gasteiger partial charge in [-0.2, -0.15) is 5.10 Å². The number of hydrogen-bond acceptors (Lipinski definition) is 8. The number of ether oxygens (including phenoxy) is 3.